The van der Waals surface area contributed by atoms with Crippen molar-refractivity contribution < 1.29 is 10.2 Å². The summed E-state index contributed by atoms with van der Waals surface area (Å²) in [5.74, 6) is 0.0818. The van der Waals surface area contributed by atoms with Crippen molar-refractivity contribution in [2.75, 3.05) is 12.4 Å². The lowest BCUT2D eigenvalue weighted by atomic mass is 10.3. The molecule has 0 aliphatic carbocycles. The van der Waals surface area contributed by atoms with Crippen molar-refractivity contribution in [1.82, 2.24) is 0 Å². The smallest absolute Gasteiger partial charge is 0.155 e. The molecule has 0 saturated carbocycles. The normalized spacial score (nSPS) is 10.7. The third-order valence-corrected chi connectivity index (χ3v) is 4.53. The fourth-order valence-corrected chi connectivity index (χ4v) is 2.91. The van der Waals surface area contributed by atoms with Crippen LogP contribution in [0.5, 0.6) is 5.75 Å². The van der Waals surface area contributed by atoms with Crippen LogP contribution >= 0.6 is 58.2 Å². The molecule has 1 aromatic carbocycles. The summed E-state index contributed by atoms with van der Waals surface area (Å²) in [6.45, 7) is -0.0204. The minimum Gasteiger partial charge on any atom is -0.505 e. The van der Waals surface area contributed by atoms with Gasteiger partial charge in [-0.2, -0.15) is 0 Å². The Kier molecular flexibility index (Phi) is 5.16. The number of halogens is 4. The maximum absolute atomic E-state index is 9.43. The maximum atomic E-state index is 9.43. The molecule has 0 saturated heterocycles. The molecular weight excluding hydrogens is 302 g/mol. The van der Waals surface area contributed by atoms with Crippen molar-refractivity contribution in [1.29, 1.82) is 0 Å². The molecule has 0 unspecified atom stereocenters. The summed E-state index contributed by atoms with van der Waals surface area (Å²) in [7, 11) is 0. The molecule has 0 heterocycles. The van der Waals surface area contributed by atoms with Gasteiger partial charge in [0.1, 0.15) is 10.0 Å². The largest absolute Gasteiger partial charge is 0.505 e. The Morgan fingerprint density at radius 2 is 1.40 bits per heavy atom. The first-order chi connectivity index (χ1) is 7.00. The molecule has 7 heteroatoms. The van der Waals surface area contributed by atoms with Crippen molar-refractivity contribution in [2.24, 2.45) is 0 Å². The van der Waals surface area contributed by atoms with Crippen molar-refractivity contribution in [3.05, 3.63) is 20.1 Å². The number of thioether (sulfide) groups is 1. The van der Waals surface area contributed by atoms with Crippen LogP contribution < -0.4 is 0 Å². The van der Waals surface area contributed by atoms with E-state index < -0.39 is 0 Å². The average molecular weight is 308 g/mol. The van der Waals surface area contributed by atoms with Crippen molar-refractivity contribution in [2.45, 2.75) is 4.90 Å². The second kappa shape index (κ2) is 5.71. The number of hydrogen-bond acceptors (Lipinski definition) is 3. The molecule has 2 N–H and O–H groups in total. The van der Waals surface area contributed by atoms with Crippen LogP contribution in [-0.2, 0) is 0 Å². The van der Waals surface area contributed by atoms with Crippen LogP contribution in [-0.4, -0.2) is 22.6 Å². The van der Waals surface area contributed by atoms with E-state index in [4.69, 9.17) is 51.5 Å². The zero-order valence-corrected chi connectivity index (χ0v) is 11.1. The highest BCUT2D eigenvalue weighted by Gasteiger charge is 2.19. The first-order valence-corrected chi connectivity index (χ1v) is 6.29. The van der Waals surface area contributed by atoms with E-state index in [2.05, 4.69) is 0 Å². The van der Waals surface area contributed by atoms with E-state index in [1.807, 2.05) is 0 Å². The highest BCUT2D eigenvalue weighted by atomic mass is 35.5. The van der Waals surface area contributed by atoms with Gasteiger partial charge in [0.2, 0.25) is 0 Å². The zero-order valence-electron chi connectivity index (χ0n) is 7.23. The molecule has 0 radical (unpaired) electrons. The quantitative estimate of drug-likeness (QED) is 0.652. The Morgan fingerprint density at radius 1 is 0.933 bits per heavy atom. The summed E-state index contributed by atoms with van der Waals surface area (Å²) >= 11 is 24.4. The van der Waals surface area contributed by atoms with Gasteiger partial charge in [-0.05, 0) is 0 Å². The lowest BCUT2D eigenvalue weighted by Crippen LogP contribution is -1.89. The number of phenols is 1. The fourth-order valence-electron chi connectivity index (χ4n) is 0.874. The number of aliphatic hydroxyl groups excluding tert-OH is 1. The van der Waals surface area contributed by atoms with E-state index in [1.54, 1.807) is 0 Å². The number of benzene rings is 1. The fraction of sp³-hybridized carbons (Fsp3) is 0.250. The van der Waals surface area contributed by atoms with Crippen LogP contribution in [0, 0.1) is 0 Å². The lowest BCUT2D eigenvalue weighted by molar-refractivity contribution is 0.322. The number of aliphatic hydroxyl groups is 1. The molecule has 0 bridgehead atoms. The Bertz CT molecular complexity index is 354. The standard InChI is InChI=1S/C8H6Cl4O2S/c9-3-5(11)8(15-2-1-13)6(12)4(10)7(3)14/h13-14H,1-2H2. The van der Waals surface area contributed by atoms with Crippen LogP contribution in [0.25, 0.3) is 0 Å². The van der Waals surface area contributed by atoms with Crippen LogP contribution in [0.2, 0.25) is 20.1 Å². The molecule has 0 atom stereocenters. The number of rotatable bonds is 3. The molecule has 0 amide bonds. The molecule has 1 rings (SSSR count). The van der Waals surface area contributed by atoms with Crippen LogP contribution in [0.15, 0.2) is 4.90 Å². The van der Waals surface area contributed by atoms with Gasteiger partial charge in [0.15, 0.2) is 5.75 Å². The molecule has 0 aromatic heterocycles. The first kappa shape index (κ1) is 13.6. The highest BCUT2D eigenvalue weighted by Crippen LogP contribution is 2.48. The molecule has 84 valence electrons. The average Bonchev–Trinajstić information content (AvgIpc) is 2.24. The molecule has 1 aromatic rings. The highest BCUT2D eigenvalue weighted by molar-refractivity contribution is 7.99. The SMILES string of the molecule is OCCSc1c(Cl)c(Cl)c(O)c(Cl)c1Cl. The maximum Gasteiger partial charge on any atom is 0.155 e. The Hall–Kier alpha value is 0.490. The minimum absolute atomic E-state index is 0.0204. The minimum atomic E-state index is -0.332. The number of aromatic hydroxyl groups is 1. The Labute approximate surface area is 111 Å². The molecule has 0 fully saturated rings. The summed E-state index contributed by atoms with van der Waals surface area (Å²) in [6, 6.07) is 0. The summed E-state index contributed by atoms with van der Waals surface area (Å²) in [5, 5.41) is 18.3. The second-order valence-corrected chi connectivity index (χ2v) is 5.12. The van der Waals surface area contributed by atoms with Crippen molar-refractivity contribution in [3.8, 4) is 5.75 Å². The van der Waals surface area contributed by atoms with Gasteiger partial charge < -0.3 is 10.2 Å². The van der Waals surface area contributed by atoms with Gasteiger partial charge in [0.05, 0.1) is 16.7 Å². The van der Waals surface area contributed by atoms with E-state index in [0.29, 0.717) is 10.6 Å². The van der Waals surface area contributed by atoms with Gasteiger partial charge in [-0.3, -0.25) is 0 Å². The third-order valence-electron chi connectivity index (χ3n) is 1.54. The third kappa shape index (κ3) is 2.78. The van der Waals surface area contributed by atoms with Gasteiger partial charge >= 0.3 is 0 Å². The van der Waals surface area contributed by atoms with Gasteiger partial charge in [0.25, 0.3) is 0 Å². The zero-order chi connectivity index (χ0) is 11.6. The van der Waals surface area contributed by atoms with Gasteiger partial charge in [-0.25, -0.2) is 0 Å². The van der Waals surface area contributed by atoms with E-state index >= 15 is 0 Å². The van der Waals surface area contributed by atoms with E-state index in [9.17, 15) is 5.11 Å². The molecule has 0 aliphatic rings. The predicted octanol–water partition coefficient (Wildman–Crippen LogP) is 4.09. The number of phenolic OH excluding ortho intramolecular Hbond substituents is 1. The van der Waals surface area contributed by atoms with Gasteiger partial charge in [-0.15, -0.1) is 11.8 Å². The molecule has 2 nitrogen and oxygen atoms in total. The monoisotopic (exact) mass is 306 g/mol. The van der Waals surface area contributed by atoms with E-state index in [-0.39, 0.29) is 32.4 Å². The predicted molar refractivity (Wildman–Crippen MR) is 66.0 cm³/mol. The van der Waals surface area contributed by atoms with Crippen LogP contribution in [0.1, 0.15) is 0 Å². The van der Waals surface area contributed by atoms with Crippen LogP contribution in [0.4, 0.5) is 0 Å². The second-order valence-electron chi connectivity index (χ2n) is 2.51. The summed E-state index contributed by atoms with van der Waals surface area (Å²) in [6.07, 6.45) is 0. The lowest BCUT2D eigenvalue weighted by Gasteiger charge is -2.11. The topological polar surface area (TPSA) is 40.5 Å². The summed E-state index contributed by atoms with van der Waals surface area (Å²) in [5.41, 5.74) is 0. The first-order valence-electron chi connectivity index (χ1n) is 3.79. The molecule has 0 aliphatic heterocycles. The number of hydrogen-bond donors (Lipinski definition) is 2. The van der Waals surface area contributed by atoms with Gasteiger partial charge in [-0.1, -0.05) is 46.4 Å². The summed E-state index contributed by atoms with van der Waals surface area (Å²) in [4.78, 5) is 0.459. The molecule has 0 spiro atoms. The molecular formula is C8H6Cl4O2S. The van der Waals surface area contributed by atoms with Crippen LogP contribution in [0.3, 0.4) is 0 Å². The Morgan fingerprint density at radius 3 is 1.80 bits per heavy atom. The Balaban J connectivity index is 3.26. The van der Waals surface area contributed by atoms with Crippen molar-refractivity contribution >= 4 is 58.2 Å². The van der Waals surface area contributed by atoms with E-state index in [1.165, 1.54) is 11.8 Å². The van der Waals surface area contributed by atoms with Crippen molar-refractivity contribution in [3.63, 3.8) is 0 Å². The van der Waals surface area contributed by atoms with Gasteiger partial charge in [0, 0.05) is 10.6 Å². The van der Waals surface area contributed by atoms with E-state index in [0.717, 1.165) is 0 Å². The molecule has 15 heavy (non-hydrogen) atoms. The summed E-state index contributed by atoms with van der Waals surface area (Å²) < 4.78 is 0.